The van der Waals surface area contributed by atoms with Crippen LogP contribution in [0.25, 0.3) is 0 Å². The molecule has 1 atom stereocenters. The first-order valence-corrected chi connectivity index (χ1v) is 8.43. The molecule has 5 heteroatoms. The van der Waals surface area contributed by atoms with Crippen molar-refractivity contribution in [3.05, 3.63) is 60.1 Å². The molecule has 1 saturated carbocycles. The number of nitrogens with zero attached hydrogens (tertiary/aromatic N) is 1. The molecule has 0 amide bonds. The first-order valence-electron chi connectivity index (χ1n) is 8.43. The van der Waals surface area contributed by atoms with E-state index in [9.17, 15) is 0 Å². The van der Waals surface area contributed by atoms with Gasteiger partial charge in [-0.05, 0) is 43.4 Å². The van der Waals surface area contributed by atoms with Gasteiger partial charge < -0.3 is 15.1 Å². The van der Waals surface area contributed by atoms with E-state index in [1.807, 2.05) is 18.2 Å². The van der Waals surface area contributed by atoms with Gasteiger partial charge in [0.25, 0.3) is 0 Å². The fraction of sp³-hybridized carbons (Fsp3) is 0.421. The minimum atomic E-state index is 0. The quantitative estimate of drug-likeness (QED) is 0.387. The predicted molar refractivity (Wildman–Crippen MR) is 109 cm³/mol. The van der Waals surface area contributed by atoms with E-state index in [1.54, 1.807) is 6.26 Å². The molecule has 0 saturated heterocycles. The summed E-state index contributed by atoms with van der Waals surface area (Å²) in [5.41, 5.74) is 1.26. The maximum absolute atomic E-state index is 5.37. The molecule has 130 valence electrons. The molecule has 1 fully saturated rings. The minimum absolute atomic E-state index is 0. The molecule has 1 aliphatic rings. The molecule has 1 unspecified atom stereocenters. The van der Waals surface area contributed by atoms with Crippen molar-refractivity contribution in [3.63, 3.8) is 0 Å². The summed E-state index contributed by atoms with van der Waals surface area (Å²) in [5.74, 6) is 2.67. The van der Waals surface area contributed by atoms with Crippen LogP contribution >= 0.6 is 24.0 Å². The Morgan fingerprint density at radius 2 is 2.00 bits per heavy atom. The Morgan fingerprint density at radius 1 is 1.21 bits per heavy atom. The maximum atomic E-state index is 5.37. The average Bonchev–Trinajstić information content (AvgIpc) is 3.27. The van der Waals surface area contributed by atoms with Crippen LogP contribution in [0.1, 0.15) is 37.1 Å². The highest BCUT2D eigenvalue weighted by Gasteiger charge is 2.21. The third-order valence-electron chi connectivity index (χ3n) is 4.10. The van der Waals surface area contributed by atoms with Crippen molar-refractivity contribution in [1.29, 1.82) is 0 Å². The van der Waals surface area contributed by atoms with Gasteiger partial charge in [0.1, 0.15) is 5.76 Å². The molecular weight excluding hydrogens is 413 g/mol. The number of furan rings is 1. The van der Waals surface area contributed by atoms with Gasteiger partial charge in [-0.25, -0.2) is 0 Å². The number of nitrogens with one attached hydrogen (secondary N) is 2. The Balaban J connectivity index is 0.00000208. The van der Waals surface area contributed by atoms with Crippen LogP contribution in [0.15, 0.2) is 58.1 Å². The van der Waals surface area contributed by atoms with Crippen LogP contribution in [-0.4, -0.2) is 19.0 Å². The van der Waals surface area contributed by atoms with Crippen molar-refractivity contribution in [1.82, 2.24) is 10.6 Å². The molecule has 0 radical (unpaired) electrons. The fourth-order valence-electron chi connectivity index (χ4n) is 2.46. The second-order valence-corrected chi connectivity index (χ2v) is 6.17. The van der Waals surface area contributed by atoms with Gasteiger partial charge in [0.15, 0.2) is 5.96 Å². The van der Waals surface area contributed by atoms with Crippen LogP contribution in [-0.2, 0) is 6.42 Å². The van der Waals surface area contributed by atoms with Crippen molar-refractivity contribution in [2.75, 3.05) is 13.1 Å². The lowest BCUT2D eigenvalue weighted by Gasteiger charge is -2.18. The first kappa shape index (κ1) is 18.8. The van der Waals surface area contributed by atoms with E-state index >= 15 is 0 Å². The van der Waals surface area contributed by atoms with E-state index in [1.165, 1.54) is 18.4 Å². The van der Waals surface area contributed by atoms with E-state index in [0.717, 1.165) is 37.1 Å². The topological polar surface area (TPSA) is 49.6 Å². The van der Waals surface area contributed by atoms with Gasteiger partial charge >= 0.3 is 0 Å². The summed E-state index contributed by atoms with van der Waals surface area (Å²) >= 11 is 0. The second kappa shape index (κ2) is 9.71. The smallest absolute Gasteiger partial charge is 0.191 e. The molecule has 1 heterocycles. The third kappa shape index (κ3) is 6.19. The SMILES string of the molecule is CC(NC(=NCC1CC1)NCCc1ccco1)c1ccccc1.I. The van der Waals surface area contributed by atoms with E-state index in [0.29, 0.717) is 0 Å². The summed E-state index contributed by atoms with van der Waals surface area (Å²) in [7, 11) is 0. The Hall–Kier alpha value is -1.50. The largest absolute Gasteiger partial charge is 0.469 e. The summed E-state index contributed by atoms with van der Waals surface area (Å²) in [6.45, 7) is 3.89. The highest BCUT2D eigenvalue weighted by atomic mass is 127. The molecule has 0 aliphatic heterocycles. The van der Waals surface area contributed by atoms with E-state index in [4.69, 9.17) is 9.41 Å². The zero-order chi connectivity index (χ0) is 15.9. The molecule has 1 aliphatic carbocycles. The zero-order valence-electron chi connectivity index (χ0n) is 14.1. The third-order valence-corrected chi connectivity index (χ3v) is 4.10. The molecule has 1 aromatic heterocycles. The van der Waals surface area contributed by atoms with Crippen molar-refractivity contribution >= 4 is 29.9 Å². The molecule has 3 rings (SSSR count). The Morgan fingerprint density at radius 3 is 2.67 bits per heavy atom. The molecule has 0 bridgehead atoms. The van der Waals surface area contributed by atoms with Crippen molar-refractivity contribution in [3.8, 4) is 0 Å². The number of hydrogen-bond acceptors (Lipinski definition) is 2. The van der Waals surface area contributed by atoms with E-state index in [-0.39, 0.29) is 30.0 Å². The zero-order valence-corrected chi connectivity index (χ0v) is 16.4. The predicted octanol–water partition coefficient (Wildman–Crippen LogP) is 4.15. The lowest BCUT2D eigenvalue weighted by atomic mass is 10.1. The normalized spacial score (nSPS) is 15.5. The maximum Gasteiger partial charge on any atom is 0.191 e. The molecule has 0 spiro atoms. The summed E-state index contributed by atoms with van der Waals surface area (Å²) in [4.78, 5) is 4.73. The molecule has 2 N–H and O–H groups in total. The first-order chi connectivity index (χ1) is 11.3. The van der Waals surface area contributed by atoms with Crippen molar-refractivity contribution in [2.45, 2.75) is 32.2 Å². The summed E-state index contributed by atoms with van der Waals surface area (Å²) in [6, 6.07) is 14.6. The summed E-state index contributed by atoms with van der Waals surface area (Å²) in [6.07, 6.45) is 5.21. The Bertz CT molecular complexity index is 609. The number of guanidine groups is 1. The molecule has 4 nitrogen and oxygen atoms in total. The monoisotopic (exact) mass is 439 g/mol. The van der Waals surface area contributed by atoms with Gasteiger partial charge in [0.2, 0.25) is 0 Å². The Labute approximate surface area is 161 Å². The minimum Gasteiger partial charge on any atom is -0.469 e. The number of rotatable bonds is 7. The van der Waals surface area contributed by atoms with Crippen molar-refractivity contribution in [2.24, 2.45) is 10.9 Å². The standard InChI is InChI=1S/C19H25N3O.HI/c1-15(17-6-3-2-4-7-17)22-19(21-14-16-9-10-16)20-12-11-18-8-5-13-23-18;/h2-8,13,15-16H,9-12,14H2,1H3,(H2,20,21,22);1H. The summed E-state index contributed by atoms with van der Waals surface area (Å²) in [5, 5.41) is 6.93. The highest BCUT2D eigenvalue weighted by molar-refractivity contribution is 14.0. The Kier molecular flexibility index (Phi) is 7.62. The van der Waals surface area contributed by atoms with Crippen LogP contribution in [0.2, 0.25) is 0 Å². The second-order valence-electron chi connectivity index (χ2n) is 6.17. The molecule has 24 heavy (non-hydrogen) atoms. The number of aliphatic imine (C=N–C) groups is 1. The van der Waals surface area contributed by atoms with Gasteiger partial charge in [-0.2, -0.15) is 0 Å². The molecular formula is C19H26IN3O. The molecule has 1 aromatic carbocycles. The number of benzene rings is 1. The fourth-order valence-corrected chi connectivity index (χ4v) is 2.46. The van der Waals surface area contributed by atoms with Crippen LogP contribution in [0.4, 0.5) is 0 Å². The number of halogens is 1. The van der Waals surface area contributed by atoms with Crippen LogP contribution < -0.4 is 10.6 Å². The van der Waals surface area contributed by atoms with Crippen LogP contribution in [0.5, 0.6) is 0 Å². The van der Waals surface area contributed by atoms with E-state index in [2.05, 4.69) is 41.8 Å². The van der Waals surface area contributed by atoms with Crippen LogP contribution in [0.3, 0.4) is 0 Å². The van der Waals surface area contributed by atoms with Gasteiger partial charge in [-0.15, -0.1) is 24.0 Å². The van der Waals surface area contributed by atoms with Gasteiger partial charge in [-0.1, -0.05) is 30.3 Å². The highest BCUT2D eigenvalue weighted by Crippen LogP contribution is 2.28. The van der Waals surface area contributed by atoms with Gasteiger partial charge in [-0.3, -0.25) is 4.99 Å². The van der Waals surface area contributed by atoms with Crippen molar-refractivity contribution < 1.29 is 4.42 Å². The summed E-state index contributed by atoms with van der Waals surface area (Å²) < 4.78 is 5.37. The number of hydrogen-bond donors (Lipinski definition) is 2. The molecule has 2 aromatic rings. The lowest BCUT2D eigenvalue weighted by molar-refractivity contribution is 0.506. The average molecular weight is 439 g/mol. The van der Waals surface area contributed by atoms with Gasteiger partial charge in [0.05, 0.1) is 12.3 Å². The van der Waals surface area contributed by atoms with E-state index < -0.39 is 0 Å². The lowest BCUT2D eigenvalue weighted by Crippen LogP contribution is -2.40. The van der Waals surface area contributed by atoms with Crippen LogP contribution in [0, 0.1) is 5.92 Å². The van der Waals surface area contributed by atoms with Gasteiger partial charge in [0, 0.05) is 19.5 Å².